The molecule has 0 radical (unpaired) electrons. The van der Waals surface area contributed by atoms with Gasteiger partial charge in [-0.1, -0.05) is 0 Å². The molecule has 1 rings (SSSR count). The lowest BCUT2D eigenvalue weighted by Gasteiger charge is -2.09. The zero-order valence-electron chi connectivity index (χ0n) is 6.58. The van der Waals surface area contributed by atoms with Crippen LogP contribution in [0.4, 0.5) is 0 Å². The van der Waals surface area contributed by atoms with Gasteiger partial charge in [0.2, 0.25) is 5.91 Å². The second-order valence-electron chi connectivity index (χ2n) is 2.72. The summed E-state index contributed by atoms with van der Waals surface area (Å²) >= 11 is -2.03. The van der Waals surface area contributed by atoms with Gasteiger partial charge in [0.05, 0.1) is 0 Å². The van der Waals surface area contributed by atoms with Crippen LogP contribution in [-0.2, 0) is 15.9 Å². The molecular weight excluding hydrogens is 180 g/mol. The number of carbonyl (C=O) groups excluding carboxylic acids is 1. The van der Waals surface area contributed by atoms with Crippen LogP contribution in [0.2, 0.25) is 0 Å². The van der Waals surface area contributed by atoms with Crippen LogP contribution < -0.4 is 10.6 Å². The van der Waals surface area contributed by atoms with Crippen LogP contribution in [0.1, 0.15) is 6.42 Å². The van der Waals surface area contributed by atoms with Gasteiger partial charge in [-0.15, -0.1) is 0 Å². The summed E-state index contributed by atoms with van der Waals surface area (Å²) in [5.74, 6) is -0.680. The summed E-state index contributed by atoms with van der Waals surface area (Å²) in [4.78, 5) is 10.9. The molecule has 12 heavy (non-hydrogen) atoms. The Kier molecular flexibility index (Phi) is 3.64. The maximum absolute atomic E-state index is 10.9. The van der Waals surface area contributed by atoms with Crippen molar-refractivity contribution in [2.24, 2.45) is 0 Å². The number of hydrogen-bond acceptors (Lipinski definition) is 3. The van der Waals surface area contributed by atoms with Crippen LogP contribution in [0.3, 0.4) is 0 Å². The Bertz CT molecular complexity index is 191. The third-order valence-electron chi connectivity index (χ3n) is 1.68. The monoisotopic (exact) mass is 192 g/mol. The van der Waals surface area contributed by atoms with E-state index in [0.29, 0.717) is 0 Å². The molecule has 1 saturated heterocycles. The first-order valence-electron chi connectivity index (χ1n) is 3.76. The van der Waals surface area contributed by atoms with Crippen molar-refractivity contribution in [3.8, 4) is 0 Å². The van der Waals surface area contributed by atoms with E-state index in [2.05, 4.69) is 10.6 Å². The normalized spacial score (nSPS) is 25.2. The van der Waals surface area contributed by atoms with Crippen LogP contribution in [0.25, 0.3) is 0 Å². The third-order valence-corrected chi connectivity index (χ3v) is 2.19. The Balaban J connectivity index is 2.20. The van der Waals surface area contributed by atoms with Crippen LogP contribution in [0.5, 0.6) is 0 Å². The number of nitrogens with one attached hydrogen (secondary N) is 2. The smallest absolute Gasteiger partial charge is 0.235 e. The highest BCUT2D eigenvalue weighted by molar-refractivity contribution is 7.80. The standard InChI is InChI=1S/C6H12N2O3S/c9-6(4-12(10)11)8-5-1-2-7-3-5/h5,7H,1-4H2,(H,8,9)(H,10,11). The van der Waals surface area contributed by atoms with E-state index in [1.807, 2.05) is 0 Å². The Labute approximate surface area is 73.2 Å². The van der Waals surface area contributed by atoms with Crippen LogP contribution in [0.15, 0.2) is 0 Å². The summed E-state index contributed by atoms with van der Waals surface area (Å²) in [5.41, 5.74) is 0. The molecule has 0 aromatic heterocycles. The van der Waals surface area contributed by atoms with Gasteiger partial charge in [0, 0.05) is 12.6 Å². The van der Waals surface area contributed by atoms with E-state index >= 15 is 0 Å². The Morgan fingerprint density at radius 2 is 2.50 bits per heavy atom. The molecule has 70 valence electrons. The van der Waals surface area contributed by atoms with E-state index in [4.69, 9.17) is 4.55 Å². The Morgan fingerprint density at radius 3 is 3.00 bits per heavy atom. The summed E-state index contributed by atoms with van der Waals surface area (Å²) in [5, 5.41) is 5.73. The molecule has 2 unspecified atom stereocenters. The molecule has 2 atom stereocenters. The lowest BCUT2D eigenvalue weighted by atomic mass is 10.3. The molecule has 3 N–H and O–H groups in total. The highest BCUT2D eigenvalue weighted by atomic mass is 32.2. The van der Waals surface area contributed by atoms with Crippen molar-refractivity contribution >= 4 is 17.0 Å². The Morgan fingerprint density at radius 1 is 1.75 bits per heavy atom. The highest BCUT2D eigenvalue weighted by Gasteiger charge is 2.17. The molecule has 0 aromatic rings. The van der Waals surface area contributed by atoms with Crippen molar-refractivity contribution in [2.45, 2.75) is 12.5 Å². The third kappa shape index (κ3) is 3.29. The zero-order chi connectivity index (χ0) is 8.97. The van der Waals surface area contributed by atoms with E-state index < -0.39 is 11.1 Å². The van der Waals surface area contributed by atoms with Gasteiger partial charge in [0.25, 0.3) is 0 Å². The molecule has 0 aromatic carbocycles. The molecule has 1 fully saturated rings. The lowest BCUT2D eigenvalue weighted by molar-refractivity contribution is -0.119. The summed E-state index contributed by atoms with van der Waals surface area (Å²) < 4.78 is 18.6. The van der Waals surface area contributed by atoms with Crippen molar-refractivity contribution in [1.29, 1.82) is 0 Å². The van der Waals surface area contributed by atoms with E-state index in [1.54, 1.807) is 0 Å². The fraction of sp³-hybridized carbons (Fsp3) is 0.833. The van der Waals surface area contributed by atoms with Gasteiger partial charge in [-0.3, -0.25) is 4.79 Å². The largest absolute Gasteiger partial charge is 0.351 e. The number of rotatable bonds is 3. The zero-order valence-corrected chi connectivity index (χ0v) is 7.39. The minimum atomic E-state index is -2.03. The fourth-order valence-corrected chi connectivity index (χ4v) is 1.47. The van der Waals surface area contributed by atoms with Crippen molar-refractivity contribution in [3.63, 3.8) is 0 Å². The van der Waals surface area contributed by atoms with Gasteiger partial charge in [-0.25, -0.2) is 4.21 Å². The van der Waals surface area contributed by atoms with E-state index in [9.17, 15) is 9.00 Å². The highest BCUT2D eigenvalue weighted by Crippen LogP contribution is 1.96. The number of amides is 1. The predicted molar refractivity (Wildman–Crippen MR) is 45.1 cm³/mol. The second kappa shape index (κ2) is 4.54. The summed E-state index contributed by atoms with van der Waals surface area (Å²) in [6, 6.07) is 0.126. The molecule has 5 nitrogen and oxygen atoms in total. The van der Waals surface area contributed by atoms with Crippen LogP contribution in [-0.4, -0.2) is 39.6 Å². The Hall–Kier alpha value is -0.460. The summed E-state index contributed by atoms with van der Waals surface area (Å²) in [6.45, 7) is 1.65. The molecule has 0 bridgehead atoms. The first-order valence-corrected chi connectivity index (χ1v) is 5.03. The van der Waals surface area contributed by atoms with Crippen LogP contribution >= 0.6 is 0 Å². The minimum absolute atomic E-state index is 0.126. The average Bonchev–Trinajstić information content (AvgIpc) is 2.37. The van der Waals surface area contributed by atoms with Gasteiger partial charge >= 0.3 is 0 Å². The van der Waals surface area contributed by atoms with Gasteiger partial charge in [-0.2, -0.15) is 0 Å². The van der Waals surface area contributed by atoms with E-state index in [1.165, 1.54) is 0 Å². The fourth-order valence-electron chi connectivity index (χ4n) is 1.16. The minimum Gasteiger partial charge on any atom is -0.351 e. The van der Waals surface area contributed by atoms with Crippen molar-refractivity contribution in [1.82, 2.24) is 10.6 Å². The van der Waals surface area contributed by atoms with Crippen molar-refractivity contribution in [2.75, 3.05) is 18.8 Å². The molecule has 1 amide bonds. The van der Waals surface area contributed by atoms with E-state index in [-0.39, 0.29) is 17.7 Å². The molecule has 0 saturated carbocycles. The molecule has 0 spiro atoms. The summed E-state index contributed by atoms with van der Waals surface area (Å²) in [6.07, 6.45) is 0.893. The first-order chi connectivity index (χ1) is 5.68. The van der Waals surface area contributed by atoms with Crippen molar-refractivity contribution < 1.29 is 13.6 Å². The van der Waals surface area contributed by atoms with Gasteiger partial charge in [0.15, 0.2) is 11.1 Å². The molecule has 6 heteroatoms. The van der Waals surface area contributed by atoms with Crippen LogP contribution in [0, 0.1) is 0 Å². The molecule has 1 aliphatic rings. The summed E-state index contributed by atoms with van der Waals surface area (Å²) in [7, 11) is 0. The van der Waals surface area contributed by atoms with Gasteiger partial charge < -0.3 is 15.2 Å². The lowest BCUT2D eigenvalue weighted by Crippen LogP contribution is -2.38. The molecule has 1 aliphatic heterocycles. The first kappa shape index (κ1) is 9.63. The number of carbonyl (C=O) groups is 1. The quantitative estimate of drug-likeness (QED) is 0.485. The molecule has 0 aliphatic carbocycles. The van der Waals surface area contributed by atoms with Gasteiger partial charge in [-0.05, 0) is 13.0 Å². The van der Waals surface area contributed by atoms with Gasteiger partial charge in [0.1, 0.15) is 5.75 Å². The number of hydrogen-bond donors (Lipinski definition) is 3. The van der Waals surface area contributed by atoms with Crippen molar-refractivity contribution in [3.05, 3.63) is 0 Å². The maximum atomic E-state index is 10.9. The molecular formula is C6H12N2O3S. The predicted octanol–water partition coefficient (Wildman–Crippen LogP) is -1.31. The SMILES string of the molecule is O=C(CS(=O)O)NC1CCNC1. The second-order valence-corrected chi connectivity index (χ2v) is 3.65. The van der Waals surface area contributed by atoms with E-state index in [0.717, 1.165) is 19.5 Å². The topological polar surface area (TPSA) is 78.4 Å². The molecule has 1 heterocycles. The average molecular weight is 192 g/mol. The maximum Gasteiger partial charge on any atom is 0.235 e.